The van der Waals surface area contributed by atoms with Crippen molar-refractivity contribution in [2.24, 2.45) is 5.92 Å². The molecule has 2 saturated heterocycles. The second-order valence-corrected chi connectivity index (χ2v) is 8.04. The third-order valence-electron chi connectivity index (χ3n) is 5.96. The number of hydrogen-bond donors (Lipinski definition) is 0. The van der Waals surface area contributed by atoms with Crippen molar-refractivity contribution in [2.45, 2.75) is 31.0 Å². The summed E-state index contributed by atoms with van der Waals surface area (Å²) < 4.78 is 30.3. The van der Waals surface area contributed by atoms with E-state index in [0.717, 1.165) is 18.4 Å². The predicted octanol–water partition coefficient (Wildman–Crippen LogP) is 2.94. The van der Waals surface area contributed by atoms with Crippen molar-refractivity contribution in [1.82, 2.24) is 9.88 Å². The summed E-state index contributed by atoms with van der Waals surface area (Å²) in [5, 5.41) is 0. The number of piperidine rings is 1. The average Bonchev–Trinajstić information content (AvgIpc) is 3.58. The minimum atomic E-state index is -0.728. The number of rotatable bonds is 4. The topological polar surface area (TPSA) is 78.0 Å². The fraction of sp³-hybridized carbons (Fsp3) is 0.417. The molecule has 2 atom stereocenters. The third-order valence-corrected chi connectivity index (χ3v) is 5.96. The van der Waals surface area contributed by atoms with Crippen molar-refractivity contribution in [1.29, 1.82) is 0 Å². The van der Waals surface area contributed by atoms with Crippen molar-refractivity contribution in [2.75, 3.05) is 27.0 Å². The molecule has 1 amide bonds. The summed E-state index contributed by atoms with van der Waals surface area (Å²) in [6.07, 6.45) is 2.33. The summed E-state index contributed by atoms with van der Waals surface area (Å²) >= 11 is 0. The number of carbonyl (C=O) groups is 2. The van der Waals surface area contributed by atoms with Gasteiger partial charge in [-0.1, -0.05) is 12.1 Å². The van der Waals surface area contributed by atoms with Crippen molar-refractivity contribution in [3.05, 3.63) is 66.5 Å². The molecule has 0 spiro atoms. The maximum absolute atomic E-state index is 13.7. The van der Waals surface area contributed by atoms with E-state index in [1.54, 1.807) is 23.1 Å². The van der Waals surface area contributed by atoms with E-state index in [2.05, 4.69) is 18.0 Å². The molecule has 33 heavy (non-hydrogen) atoms. The number of likely N-dealkylation sites (tertiary alicyclic amines) is 1. The maximum atomic E-state index is 13.7. The number of Topliss-reactive ketones (excluding diaryl/α,β-unsaturated/α-hetero) is 1. The van der Waals surface area contributed by atoms with E-state index >= 15 is 0 Å². The molecule has 2 aliphatic heterocycles. The van der Waals surface area contributed by atoms with E-state index in [0.29, 0.717) is 25.4 Å². The summed E-state index contributed by atoms with van der Waals surface area (Å²) in [5.74, 6) is 0.213. The van der Waals surface area contributed by atoms with Crippen LogP contribution in [0.3, 0.4) is 0 Å². The standard InChI is InChI=1S/C19H18FN2O4.C5H7O.U/c1-24-17-7-3-6-15(21-17)18(23)22-9-8-19(16(11-22)25-12-26-19)13-4-2-5-14(20)10-13;1-4(6)5-2-3-5;/h2-6,10,16H,8-9,11-12H2,1H3;5H,1-3H2;/q2*-1;+2/t16-,19-;;/m1../s1. The smallest absolute Gasteiger partial charge is 0.497 e. The van der Waals surface area contributed by atoms with Crippen LogP contribution in [0.5, 0.6) is 5.88 Å². The Kier molecular flexibility index (Phi) is 8.57. The van der Waals surface area contributed by atoms with Gasteiger partial charge in [0.05, 0.1) is 19.3 Å². The minimum Gasteiger partial charge on any atom is -0.497 e. The zero-order valence-corrected chi connectivity index (χ0v) is 22.5. The Morgan fingerprint density at radius 2 is 2.12 bits per heavy atom. The predicted molar refractivity (Wildman–Crippen MR) is 112 cm³/mol. The summed E-state index contributed by atoms with van der Waals surface area (Å²) in [7, 11) is 1.48. The second-order valence-electron chi connectivity index (χ2n) is 8.04. The molecule has 172 valence electrons. The van der Waals surface area contributed by atoms with E-state index in [9.17, 15) is 14.0 Å². The van der Waals surface area contributed by atoms with Gasteiger partial charge >= 0.3 is 31.1 Å². The molecule has 0 bridgehead atoms. The van der Waals surface area contributed by atoms with Gasteiger partial charge < -0.3 is 30.8 Å². The van der Waals surface area contributed by atoms with Crippen LogP contribution in [0.4, 0.5) is 4.39 Å². The molecule has 0 N–H and O–H groups in total. The Hall–Kier alpha value is -1.92. The molecule has 5 rings (SSSR count). The van der Waals surface area contributed by atoms with E-state index in [4.69, 9.17) is 14.2 Å². The number of pyridine rings is 1. The molecular formula is C24H25FN2O5U. The first-order chi connectivity index (χ1) is 15.4. The third kappa shape index (κ3) is 5.78. The first-order valence-corrected chi connectivity index (χ1v) is 10.5. The van der Waals surface area contributed by atoms with E-state index in [1.165, 1.54) is 19.2 Å². The molecule has 2 aromatic rings. The number of nitrogens with zero attached hydrogens (tertiary/aromatic N) is 2. The summed E-state index contributed by atoms with van der Waals surface area (Å²) in [5.41, 5.74) is 0.299. The molecule has 1 aliphatic carbocycles. The van der Waals surface area contributed by atoms with Crippen molar-refractivity contribution in [3.63, 3.8) is 0 Å². The van der Waals surface area contributed by atoms with Gasteiger partial charge in [-0.05, 0) is 42.2 Å². The molecule has 3 heterocycles. The molecular weight excluding hydrogens is 653 g/mol. The fourth-order valence-electron chi connectivity index (χ4n) is 3.99. The Morgan fingerprint density at radius 1 is 1.33 bits per heavy atom. The summed E-state index contributed by atoms with van der Waals surface area (Å²) in [6.45, 7) is 4.18. The zero-order valence-electron chi connectivity index (χ0n) is 18.4. The van der Waals surface area contributed by atoms with Gasteiger partial charge in [-0.2, -0.15) is 12.1 Å². The van der Waals surface area contributed by atoms with E-state index in [1.807, 2.05) is 6.07 Å². The molecule has 1 saturated carbocycles. The van der Waals surface area contributed by atoms with Gasteiger partial charge in [-0.15, -0.1) is 0 Å². The number of amides is 1. The first kappa shape index (κ1) is 25.7. The first-order valence-electron chi connectivity index (χ1n) is 10.5. The molecule has 3 aliphatic rings. The van der Waals surface area contributed by atoms with Gasteiger partial charge in [0.25, 0.3) is 5.91 Å². The van der Waals surface area contributed by atoms with Gasteiger partial charge in [0, 0.05) is 13.0 Å². The zero-order chi connectivity index (χ0) is 22.7. The number of aromatic nitrogens is 1. The van der Waals surface area contributed by atoms with Crippen molar-refractivity contribution in [3.8, 4) is 5.88 Å². The molecule has 9 heteroatoms. The molecule has 0 radical (unpaired) electrons. The van der Waals surface area contributed by atoms with Gasteiger partial charge in [-0.3, -0.25) is 4.79 Å². The number of carbonyl (C=O) groups excluding carboxylic acids is 2. The van der Waals surface area contributed by atoms with Gasteiger partial charge in [0.15, 0.2) is 0 Å². The number of ketones is 1. The normalized spacial score (nSPS) is 23.5. The van der Waals surface area contributed by atoms with Crippen LogP contribution in [-0.4, -0.2) is 54.7 Å². The molecule has 1 aromatic heterocycles. The SMILES string of the molecule is COc1[c-]ccc(C(=O)N2CC[C@]3(c4cccc(F)c4)OCO[C@@H]3C2)n1.[CH2-]C(=O)C1CC1.[U+2]. The van der Waals surface area contributed by atoms with Gasteiger partial charge in [-0.25, -0.2) is 15.4 Å². The Labute approximate surface area is 216 Å². The molecule has 3 fully saturated rings. The van der Waals surface area contributed by atoms with Crippen LogP contribution in [0.1, 0.15) is 35.3 Å². The molecule has 7 nitrogen and oxygen atoms in total. The number of methoxy groups -OCH3 is 1. The number of ether oxygens (including phenoxy) is 3. The monoisotopic (exact) mass is 678 g/mol. The minimum absolute atomic E-state index is 0. The van der Waals surface area contributed by atoms with Crippen LogP contribution in [0, 0.1) is 55.8 Å². The number of benzene rings is 1. The van der Waals surface area contributed by atoms with Crippen LogP contribution in [0.15, 0.2) is 36.4 Å². The van der Waals surface area contributed by atoms with Crippen molar-refractivity contribution < 1.29 is 59.3 Å². The molecule has 0 unspecified atom stereocenters. The van der Waals surface area contributed by atoms with Crippen LogP contribution in [0.2, 0.25) is 0 Å². The number of halogens is 1. The fourth-order valence-corrected chi connectivity index (χ4v) is 3.99. The average molecular weight is 679 g/mol. The number of hydrogen-bond acceptors (Lipinski definition) is 6. The van der Waals surface area contributed by atoms with Crippen LogP contribution >= 0.6 is 0 Å². The number of fused-ring (bicyclic) bond motifs is 1. The summed E-state index contributed by atoms with van der Waals surface area (Å²) in [4.78, 5) is 28.7. The Balaban J connectivity index is 0.000000382. The Bertz CT molecular complexity index is 1000. The van der Waals surface area contributed by atoms with E-state index < -0.39 is 5.60 Å². The van der Waals surface area contributed by atoms with Crippen LogP contribution in [0.25, 0.3) is 0 Å². The van der Waals surface area contributed by atoms with Crippen LogP contribution < -0.4 is 4.74 Å². The maximum Gasteiger partial charge on any atom is 2.00 e. The Morgan fingerprint density at radius 3 is 2.76 bits per heavy atom. The quantitative estimate of drug-likeness (QED) is 0.464. The second kappa shape index (κ2) is 11.0. The summed E-state index contributed by atoms with van der Waals surface area (Å²) in [6, 6.07) is 12.4. The largest absolute Gasteiger partial charge is 2.00 e. The van der Waals surface area contributed by atoms with Crippen LogP contribution in [-0.2, 0) is 19.9 Å². The van der Waals surface area contributed by atoms with Crippen molar-refractivity contribution >= 4 is 11.7 Å². The van der Waals surface area contributed by atoms with Gasteiger partial charge in [0.1, 0.15) is 30.2 Å². The van der Waals surface area contributed by atoms with E-state index in [-0.39, 0.29) is 73.1 Å². The molecule has 1 aromatic carbocycles. The van der Waals surface area contributed by atoms with Gasteiger partial charge in [0.2, 0.25) is 0 Å².